The lowest BCUT2D eigenvalue weighted by Gasteiger charge is -2.38. The Balaban J connectivity index is 1.71. The third-order valence-electron chi connectivity index (χ3n) is 6.09. The number of phenols is 2. The van der Waals surface area contributed by atoms with E-state index >= 15 is 0 Å². The van der Waals surface area contributed by atoms with Gasteiger partial charge in [0.1, 0.15) is 46.5 Å². The standard InChI is InChI=1S/C26H28O10/c1-11(2)4-9-15-16(27)10-17(28)18-20(30)22(32)24(36-25(15)18)13-5-7-14(8-6-13)35-26-23(33)21(31)19(29)12(3)34-26/h4-8,10,12,19,21,23,26-29,31-33H,9H2,1-3H3/t12-,19-,21+,23+,26-/m0/s1. The van der Waals surface area contributed by atoms with Crippen LogP contribution in [0.5, 0.6) is 23.0 Å². The summed E-state index contributed by atoms with van der Waals surface area (Å²) in [7, 11) is 0. The normalized spacial score (nSPS) is 24.0. The zero-order valence-corrected chi connectivity index (χ0v) is 19.9. The van der Waals surface area contributed by atoms with Crippen molar-refractivity contribution >= 4 is 11.0 Å². The van der Waals surface area contributed by atoms with Crippen molar-refractivity contribution in [1.29, 1.82) is 0 Å². The molecular formula is C26H28O10. The first-order valence-corrected chi connectivity index (χ1v) is 11.3. The van der Waals surface area contributed by atoms with E-state index in [9.17, 15) is 35.4 Å². The summed E-state index contributed by atoms with van der Waals surface area (Å²) in [6.45, 7) is 5.28. The number of ether oxygens (including phenoxy) is 2. The Bertz CT molecular complexity index is 1350. The quantitative estimate of drug-likeness (QED) is 0.286. The topological polar surface area (TPSA) is 170 Å². The first-order chi connectivity index (χ1) is 17.0. The lowest BCUT2D eigenvalue weighted by Crippen LogP contribution is -2.58. The van der Waals surface area contributed by atoms with Crippen molar-refractivity contribution in [2.75, 3.05) is 0 Å². The summed E-state index contributed by atoms with van der Waals surface area (Å²) in [4.78, 5) is 12.9. The number of phenolic OH excluding ortho intramolecular Hbond substituents is 2. The minimum absolute atomic E-state index is 0.0524. The molecule has 1 aliphatic rings. The molecule has 0 saturated carbocycles. The summed E-state index contributed by atoms with van der Waals surface area (Å²) in [5.41, 5.74) is 0.631. The summed E-state index contributed by atoms with van der Waals surface area (Å²) in [5.74, 6) is -1.43. The van der Waals surface area contributed by atoms with E-state index in [1.165, 1.54) is 31.2 Å². The van der Waals surface area contributed by atoms with Crippen molar-refractivity contribution in [3.05, 3.63) is 57.8 Å². The summed E-state index contributed by atoms with van der Waals surface area (Å²) in [5, 5.41) is 60.9. The molecule has 1 fully saturated rings. The van der Waals surface area contributed by atoms with Crippen LogP contribution in [-0.2, 0) is 11.2 Å². The van der Waals surface area contributed by atoms with Gasteiger partial charge >= 0.3 is 0 Å². The molecule has 0 bridgehead atoms. The molecule has 0 unspecified atom stereocenters. The molecule has 0 aliphatic carbocycles. The van der Waals surface area contributed by atoms with Crippen molar-refractivity contribution in [2.24, 2.45) is 0 Å². The minimum Gasteiger partial charge on any atom is -0.507 e. The fourth-order valence-corrected chi connectivity index (χ4v) is 4.01. The third-order valence-corrected chi connectivity index (χ3v) is 6.09. The average Bonchev–Trinajstić information content (AvgIpc) is 2.83. The van der Waals surface area contributed by atoms with Crippen LogP contribution in [0.15, 0.2) is 51.2 Å². The lowest BCUT2D eigenvalue weighted by molar-refractivity contribution is -0.268. The molecule has 5 atom stereocenters. The third kappa shape index (κ3) is 4.63. The Labute approximate surface area is 205 Å². The average molecular weight is 501 g/mol. The molecule has 10 nitrogen and oxygen atoms in total. The number of benzene rings is 2. The molecular weight excluding hydrogens is 472 g/mol. The highest BCUT2D eigenvalue weighted by molar-refractivity contribution is 5.91. The highest BCUT2D eigenvalue weighted by atomic mass is 16.7. The van der Waals surface area contributed by atoms with Gasteiger partial charge in [-0.15, -0.1) is 0 Å². The number of aromatic hydroxyl groups is 3. The smallest absolute Gasteiger partial charge is 0.238 e. The highest BCUT2D eigenvalue weighted by Gasteiger charge is 2.43. The fraction of sp³-hybridized carbons (Fsp3) is 0.346. The van der Waals surface area contributed by atoms with Crippen LogP contribution < -0.4 is 10.2 Å². The SMILES string of the molecule is CC(C)=CCc1c(O)cc(O)c2c(=O)c(O)c(-c3ccc(O[C@@H]4O[C@@H](C)[C@H](O)[C@@H](O)[C@H]4O)cc3)oc12. The molecule has 2 aromatic carbocycles. The largest absolute Gasteiger partial charge is 0.507 e. The van der Waals surface area contributed by atoms with E-state index in [0.717, 1.165) is 11.6 Å². The van der Waals surface area contributed by atoms with Gasteiger partial charge in [-0.3, -0.25) is 4.79 Å². The monoisotopic (exact) mass is 500 g/mol. The van der Waals surface area contributed by atoms with Crippen LogP contribution in [0, 0.1) is 0 Å². The summed E-state index contributed by atoms with van der Waals surface area (Å²) < 4.78 is 16.9. The lowest BCUT2D eigenvalue weighted by atomic mass is 10.00. The van der Waals surface area contributed by atoms with Gasteiger partial charge in [-0.25, -0.2) is 0 Å². The van der Waals surface area contributed by atoms with Gasteiger partial charge < -0.3 is 44.5 Å². The number of allylic oxidation sites excluding steroid dienone is 2. The molecule has 0 spiro atoms. The van der Waals surface area contributed by atoms with E-state index in [0.29, 0.717) is 5.56 Å². The molecule has 1 saturated heterocycles. The van der Waals surface area contributed by atoms with Crippen LogP contribution in [0.2, 0.25) is 0 Å². The van der Waals surface area contributed by atoms with Gasteiger partial charge in [-0.1, -0.05) is 11.6 Å². The maximum atomic E-state index is 12.9. The second-order valence-electron chi connectivity index (χ2n) is 9.02. The van der Waals surface area contributed by atoms with Crippen LogP contribution in [0.4, 0.5) is 0 Å². The Morgan fingerprint density at radius 2 is 1.67 bits per heavy atom. The van der Waals surface area contributed by atoms with Gasteiger partial charge in [-0.05, 0) is 51.5 Å². The summed E-state index contributed by atoms with van der Waals surface area (Å²) in [6, 6.07) is 6.96. The fourth-order valence-electron chi connectivity index (χ4n) is 4.01. The van der Waals surface area contributed by atoms with Gasteiger partial charge in [0.15, 0.2) is 5.76 Å². The van der Waals surface area contributed by atoms with Crippen LogP contribution in [-0.4, -0.2) is 61.3 Å². The van der Waals surface area contributed by atoms with Crippen molar-refractivity contribution < 1.29 is 44.5 Å². The Morgan fingerprint density at radius 1 is 1.00 bits per heavy atom. The number of hydrogen-bond acceptors (Lipinski definition) is 10. The molecule has 3 aromatic rings. The molecule has 2 heterocycles. The van der Waals surface area contributed by atoms with Gasteiger partial charge in [0, 0.05) is 17.2 Å². The molecule has 4 rings (SSSR count). The Kier molecular flexibility index (Phi) is 6.96. The number of fused-ring (bicyclic) bond motifs is 1. The van der Waals surface area contributed by atoms with Crippen molar-refractivity contribution in [2.45, 2.75) is 57.9 Å². The minimum atomic E-state index is -1.49. The molecule has 192 valence electrons. The van der Waals surface area contributed by atoms with Crippen molar-refractivity contribution in [3.63, 3.8) is 0 Å². The maximum Gasteiger partial charge on any atom is 0.238 e. The molecule has 1 aromatic heterocycles. The van der Waals surface area contributed by atoms with E-state index in [1.807, 2.05) is 19.9 Å². The number of aliphatic hydroxyl groups is 3. The van der Waals surface area contributed by atoms with E-state index < -0.39 is 47.6 Å². The van der Waals surface area contributed by atoms with E-state index in [4.69, 9.17) is 13.9 Å². The van der Waals surface area contributed by atoms with Crippen LogP contribution in [0.1, 0.15) is 26.3 Å². The molecule has 0 amide bonds. The molecule has 0 radical (unpaired) electrons. The van der Waals surface area contributed by atoms with Crippen molar-refractivity contribution in [3.8, 4) is 34.3 Å². The predicted octanol–water partition coefficient (Wildman–Crippen LogP) is 2.29. The first-order valence-electron chi connectivity index (χ1n) is 11.3. The van der Waals surface area contributed by atoms with Crippen LogP contribution in [0.3, 0.4) is 0 Å². The molecule has 36 heavy (non-hydrogen) atoms. The number of aliphatic hydroxyl groups excluding tert-OH is 3. The van der Waals surface area contributed by atoms with Gasteiger partial charge in [0.25, 0.3) is 0 Å². The second-order valence-corrected chi connectivity index (χ2v) is 9.02. The maximum absolute atomic E-state index is 12.9. The number of hydrogen-bond donors (Lipinski definition) is 6. The Hall–Kier alpha value is -3.57. The molecule has 10 heteroatoms. The Morgan fingerprint density at radius 3 is 2.31 bits per heavy atom. The summed E-state index contributed by atoms with van der Waals surface area (Å²) >= 11 is 0. The second kappa shape index (κ2) is 9.82. The van der Waals surface area contributed by atoms with Gasteiger partial charge in [0.05, 0.1) is 6.10 Å². The zero-order chi connectivity index (χ0) is 26.3. The number of rotatable bonds is 5. The highest BCUT2D eigenvalue weighted by Crippen LogP contribution is 2.39. The zero-order valence-electron chi connectivity index (χ0n) is 19.9. The molecule has 6 N–H and O–H groups in total. The van der Waals surface area contributed by atoms with Crippen molar-refractivity contribution in [1.82, 2.24) is 0 Å². The summed E-state index contributed by atoms with van der Waals surface area (Å²) in [6.07, 6.45) is -4.16. The van der Waals surface area contributed by atoms with Crippen LogP contribution in [0.25, 0.3) is 22.3 Å². The van der Waals surface area contributed by atoms with E-state index in [2.05, 4.69) is 0 Å². The van der Waals surface area contributed by atoms with Crippen LogP contribution >= 0.6 is 0 Å². The predicted molar refractivity (Wildman–Crippen MR) is 129 cm³/mol. The van der Waals surface area contributed by atoms with E-state index in [1.54, 1.807) is 0 Å². The molecule has 1 aliphatic heterocycles. The first kappa shape index (κ1) is 25.5. The van der Waals surface area contributed by atoms with Gasteiger partial charge in [0.2, 0.25) is 17.5 Å². The van der Waals surface area contributed by atoms with Gasteiger partial charge in [-0.2, -0.15) is 0 Å². The van der Waals surface area contributed by atoms with E-state index in [-0.39, 0.29) is 40.2 Å².